The van der Waals surface area contributed by atoms with Gasteiger partial charge in [0.05, 0.1) is 12.7 Å². The largest absolute Gasteiger partial charge is 0.437 e. The molecule has 1 heterocycles. The Morgan fingerprint density at radius 2 is 1.38 bits per heavy atom. The fourth-order valence-corrected chi connectivity index (χ4v) is 23.7. The van der Waals surface area contributed by atoms with Crippen LogP contribution in [0.4, 0.5) is 0 Å². The molecule has 0 aromatic heterocycles. The topological polar surface area (TPSA) is 49.5 Å². The molecule has 1 fully saturated rings. The molecule has 1 aliphatic rings. The molecule has 5 nitrogen and oxygen atoms in total. The predicted octanol–water partition coefficient (Wildman–Crippen LogP) is 4.14. The van der Waals surface area contributed by atoms with Crippen molar-refractivity contribution in [3.8, 4) is 0 Å². The summed E-state index contributed by atoms with van der Waals surface area (Å²) in [5.74, 6) is 0. The van der Waals surface area contributed by atoms with Gasteiger partial charge in [0.25, 0.3) is 0 Å². The molecule has 0 aromatic rings. The third-order valence-electron chi connectivity index (χ3n) is 3.26. The van der Waals surface area contributed by atoms with Crippen LogP contribution < -0.4 is 0 Å². The van der Waals surface area contributed by atoms with Gasteiger partial charge < -0.3 is 21.2 Å². The van der Waals surface area contributed by atoms with Crippen LogP contribution in [0.15, 0.2) is 0 Å². The van der Waals surface area contributed by atoms with Crippen molar-refractivity contribution in [2.75, 3.05) is 6.61 Å². The Morgan fingerprint density at radius 3 is 1.79 bits per heavy atom. The highest BCUT2D eigenvalue weighted by Crippen LogP contribution is 2.27. The normalized spacial score (nSPS) is 23.0. The highest BCUT2D eigenvalue weighted by molar-refractivity contribution is 6.86. The van der Waals surface area contributed by atoms with Gasteiger partial charge in [-0.05, 0) is 77.9 Å². The summed E-state index contributed by atoms with van der Waals surface area (Å²) >= 11 is 0. The quantitative estimate of drug-likeness (QED) is 0.367. The number of rotatable bonds is 11. The van der Waals surface area contributed by atoms with Crippen molar-refractivity contribution >= 4 is 43.0 Å². The van der Waals surface area contributed by atoms with Crippen LogP contribution >= 0.6 is 0 Å². The van der Waals surface area contributed by atoms with Crippen LogP contribution in [-0.4, -0.2) is 55.8 Å². The molecular weight excluding hydrogens is 389 g/mol. The summed E-state index contributed by atoms with van der Waals surface area (Å²) < 4.78 is 31.1. The highest BCUT2D eigenvalue weighted by Gasteiger charge is 2.42. The van der Waals surface area contributed by atoms with Crippen molar-refractivity contribution in [3.63, 3.8) is 0 Å². The van der Waals surface area contributed by atoms with Gasteiger partial charge in [-0.3, -0.25) is 0 Å². The van der Waals surface area contributed by atoms with Crippen molar-refractivity contribution in [3.05, 3.63) is 0 Å². The number of ether oxygens (including phenoxy) is 1. The first kappa shape index (κ1) is 22.9. The minimum atomic E-state index is -2.23. The van der Waals surface area contributed by atoms with E-state index in [1.807, 2.05) is 0 Å². The van der Waals surface area contributed by atoms with Gasteiger partial charge in [-0.2, -0.15) is 0 Å². The molecule has 0 amide bonds. The smallest absolute Gasteiger partial charge is 0.315 e. The molecular formula is C14H38O5Si5. The molecule has 0 bridgehead atoms. The van der Waals surface area contributed by atoms with E-state index in [4.69, 9.17) is 21.2 Å². The lowest BCUT2D eigenvalue weighted by atomic mass is 10.4. The monoisotopic (exact) mass is 426 g/mol. The molecule has 0 aromatic carbocycles. The van der Waals surface area contributed by atoms with Crippen LogP contribution in [0.3, 0.4) is 0 Å². The van der Waals surface area contributed by atoms with E-state index in [0.717, 1.165) is 19.1 Å². The van der Waals surface area contributed by atoms with Gasteiger partial charge in [0.2, 0.25) is 0 Å². The Bertz CT molecular complexity index is 405. The van der Waals surface area contributed by atoms with Gasteiger partial charge in [-0.25, -0.2) is 0 Å². The van der Waals surface area contributed by atoms with Gasteiger partial charge in [0.15, 0.2) is 16.6 Å². The lowest BCUT2D eigenvalue weighted by Gasteiger charge is -2.38. The van der Waals surface area contributed by atoms with E-state index in [-0.39, 0.29) is 0 Å². The van der Waals surface area contributed by atoms with E-state index >= 15 is 0 Å². The van der Waals surface area contributed by atoms with Crippen molar-refractivity contribution in [1.29, 1.82) is 0 Å². The van der Waals surface area contributed by atoms with Gasteiger partial charge in [-0.1, -0.05) is 0 Å². The minimum Gasteiger partial charge on any atom is -0.437 e. The standard InChI is InChI=1S/C14H38O5Si5/c1-20(16-23(8,9)18-21(2,3)4)17-24(10,19-22(5,6)7)12-11-14-13-15-14/h14,20H,11-13H2,1-10H3. The molecule has 3 atom stereocenters. The fraction of sp³-hybridized carbons (Fsp3) is 1.00. The molecule has 1 rings (SSSR count). The molecule has 10 heteroatoms. The van der Waals surface area contributed by atoms with E-state index in [0.29, 0.717) is 6.10 Å². The van der Waals surface area contributed by atoms with Gasteiger partial charge in [0, 0.05) is 0 Å². The Hall–Kier alpha value is 0.884. The van der Waals surface area contributed by atoms with Gasteiger partial charge >= 0.3 is 26.4 Å². The molecule has 0 spiro atoms. The molecule has 3 unspecified atom stereocenters. The van der Waals surface area contributed by atoms with Crippen molar-refractivity contribution < 1.29 is 21.2 Å². The van der Waals surface area contributed by atoms with E-state index in [1.165, 1.54) is 0 Å². The molecule has 0 radical (unpaired) electrons. The summed E-state index contributed by atoms with van der Waals surface area (Å²) in [5.41, 5.74) is 0. The van der Waals surface area contributed by atoms with E-state index in [2.05, 4.69) is 65.5 Å². The van der Waals surface area contributed by atoms with Gasteiger partial charge in [-0.15, -0.1) is 0 Å². The number of hydrogen-bond donors (Lipinski definition) is 0. The Morgan fingerprint density at radius 1 is 0.875 bits per heavy atom. The van der Waals surface area contributed by atoms with Gasteiger partial charge in [0.1, 0.15) is 0 Å². The van der Waals surface area contributed by atoms with Crippen LogP contribution in [0.2, 0.25) is 71.5 Å². The van der Waals surface area contributed by atoms with E-state index in [9.17, 15) is 0 Å². The van der Waals surface area contributed by atoms with Crippen LogP contribution in [0.1, 0.15) is 6.42 Å². The maximum Gasteiger partial charge on any atom is 0.315 e. The van der Waals surface area contributed by atoms with Crippen molar-refractivity contribution in [1.82, 2.24) is 0 Å². The predicted molar refractivity (Wildman–Crippen MR) is 112 cm³/mol. The average Bonchev–Trinajstić information content (AvgIpc) is 3.01. The maximum atomic E-state index is 6.53. The molecule has 144 valence electrons. The summed E-state index contributed by atoms with van der Waals surface area (Å²) in [6.45, 7) is 22.8. The Labute approximate surface area is 155 Å². The van der Waals surface area contributed by atoms with Crippen LogP contribution in [0, 0.1) is 0 Å². The minimum absolute atomic E-state index is 0.421. The van der Waals surface area contributed by atoms with Crippen molar-refractivity contribution in [2.24, 2.45) is 0 Å². The summed E-state index contributed by atoms with van der Waals surface area (Å²) in [7, 11) is -9.43. The summed E-state index contributed by atoms with van der Waals surface area (Å²) in [4.78, 5) is 0. The zero-order chi connectivity index (χ0) is 18.8. The number of hydrogen-bond acceptors (Lipinski definition) is 5. The average molecular weight is 427 g/mol. The molecule has 1 aliphatic heterocycles. The molecule has 1 saturated heterocycles. The summed E-state index contributed by atoms with van der Waals surface area (Å²) in [6.07, 6.45) is 1.46. The second-order valence-corrected chi connectivity index (χ2v) is 27.9. The van der Waals surface area contributed by atoms with Crippen LogP contribution in [0.25, 0.3) is 0 Å². The fourth-order valence-electron chi connectivity index (χ4n) is 2.98. The first-order valence-electron chi connectivity index (χ1n) is 8.97. The van der Waals surface area contributed by atoms with Crippen LogP contribution in [0.5, 0.6) is 0 Å². The zero-order valence-electron chi connectivity index (χ0n) is 17.3. The SMILES string of the molecule is C[SiH](O[Si](C)(C)O[Si](C)(C)C)O[Si](C)(CCC1CO1)O[Si](C)(C)C. The van der Waals surface area contributed by atoms with E-state index in [1.54, 1.807) is 0 Å². The maximum absolute atomic E-state index is 6.53. The van der Waals surface area contributed by atoms with Crippen molar-refractivity contribution in [2.45, 2.75) is 84.0 Å². The zero-order valence-corrected chi connectivity index (χ0v) is 22.5. The third kappa shape index (κ3) is 10.8. The first-order chi connectivity index (χ1) is 10.6. The summed E-state index contributed by atoms with van der Waals surface area (Å²) in [6, 6.07) is 0.986. The van der Waals surface area contributed by atoms with Crippen LogP contribution in [-0.2, 0) is 21.2 Å². The number of epoxide rings is 1. The molecule has 24 heavy (non-hydrogen) atoms. The Balaban J connectivity index is 2.66. The summed E-state index contributed by atoms with van der Waals surface area (Å²) in [5, 5.41) is 0. The first-order valence-corrected chi connectivity index (χ1v) is 23.2. The third-order valence-corrected chi connectivity index (χ3v) is 20.0. The Kier molecular flexibility index (Phi) is 7.90. The second kappa shape index (κ2) is 8.27. The second-order valence-electron chi connectivity index (χ2n) is 9.26. The molecule has 0 saturated carbocycles. The molecule has 0 N–H and O–H groups in total. The lowest BCUT2D eigenvalue weighted by Crippen LogP contribution is -2.54. The van der Waals surface area contributed by atoms with E-state index < -0.39 is 43.0 Å². The highest BCUT2D eigenvalue weighted by atomic mass is 28.5. The molecule has 0 aliphatic carbocycles. The lowest BCUT2D eigenvalue weighted by molar-refractivity contribution is 0.311.